The average Bonchev–Trinajstić information content (AvgIpc) is 2.88. The average molecular weight is 170 g/mol. The van der Waals surface area contributed by atoms with E-state index in [2.05, 4.69) is 5.43 Å². The van der Waals surface area contributed by atoms with Gasteiger partial charge in [0.2, 0.25) is 5.91 Å². The molecule has 0 radical (unpaired) electrons. The zero-order valence-corrected chi connectivity index (χ0v) is 7.08. The molecule has 0 aromatic carbocycles. The fraction of sp³-hybridized carbons (Fsp3) is 0.875. The van der Waals surface area contributed by atoms with Gasteiger partial charge in [0.25, 0.3) is 0 Å². The van der Waals surface area contributed by atoms with Gasteiger partial charge in [0.1, 0.15) is 0 Å². The topological polar surface area (TPSA) is 41.6 Å². The molecular formula is C8H14N2O2. The van der Waals surface area contributed by atoms with Crippen LogP contribution >= 0.6 is 0 Å². The predicted molar refractivity (Wildman–Crippen MR) is 43.3 cm³/mol. The first-order valence-corrected chi connectivity index (χ1v) is 4.49. The number of amides is 1. The number of nitrogens with zero attached hydrogens (tertiary/aromatic N) is 1. The monoisotopic (exact) mass is 170 g/mol. The van der Waals surface area contributed by atoms with Crippen molar-refractivity contribution in [2.24, 2.45) is 5.92 Å². The summed E-state index contributed by atoms with van der Waals surface area (Å²) in [6.07, 6.45) is 2.13. The van der Waals surface area contributed by atoms with Crippen LogP contribution in [-0.2, 0) is 9.53 Å². The van der Waals surface area contributed by atoms with Crippen LogP contribution in [-0.4, -0.2) is 37.2 Å². The van der Waals surface area contributed by atoms with E-state index in [1.807, 2.05) is 5.01 Å². The van der Waals surface area contributed by atoms with Crippen molar-refractivity contribution in [2.75, 3.05) is 26.3 Å². The van der Waals surface area contributed by atoms with Gasteiger partial charge in [-0.1, -0.05) is 0 Å². The van der Waals surface area contributed by atoms with Gasteiger partial charge in [-0.15, -0.1) is 0 Å². The molecule has 4 nitrogen and oxygen atoms in total. The van der Waals surface area contributed by atoms with Crippen molar-refractivity contribution in [3.05, 3.63) is 0 Å². The minimum atomic E-state index is 0.192. The Labute approximate surface area is 71.8 Å². The first kappa shape index (κ1) is 8.01. The van der Waals surface area contributed by atoms with Crippen molar-refractivity contribution >= 4 is 5.91 Å². The normalized spacial score (nSPS) is 25.3. The van der Waals surface area contributed by atoms with Gasteiger partial charge < -0.3 is 4.74 Å². The second kappa shape index (κ2) is 3.41. The highest BCUT2D eigenvalue weighted by molar-refractivity contribution is 5.80. The molecule has 2 fully saturated rings. The van der Waals surface area contributed by atoms with E-state index >= 15 is 0 Å². The molecule has 1 aliphatic carbocycles. The molecule has 2 rings (SSSR count). The quantitative estimate of drug-likeness (QED) is 0.622. The van der Waals surface area contributed by atoms with Gasteiger partial charge in [0.15, 0.2) is 0 Å². The number of nitrogens with one attached hydrogen (secondary N) is 1. The maximum atomic E-state index is 11.3. The third-order valence-corrected chi connectivity index (χ3v) is 2.23. The van der Waals surface area contributed by atoms with E-state index in [-0.39, 0.29) is 5.91 Å². The van der Waals surface area contributed by atoms with Crippen LogP contribution in [0.15, 0.2) is 0 Å². The molecule has 1 aliphatic heterocycles. The summed E-state index contributed by atoms with van der Waals surface area (Å²) >= 11 is 0. The van der Waals surface area contributed by atoms with E-state index in [4.69, 9.17) is 4.74 Å². The number of carbonyl (C=O) groups excluding carboxylic acids is 1. The molecule has 0 aromatic heterocycles. The molecule has 68 valence electrons. The summed E-state index contributed by atoms with van der Waals surface area (Å²) in [5.41, 5.74) is 2.90. The molecule has 0 aromatic rings. The number of rotatable bonds is 2. The summed E-state index contributed by atoms with van der Waals surface area (Å²) < 4.78 is 5.16. The zero-order valence-electron chi connectivity index (χ0n) is 7.08. The van der Waals surface area contributed by atoms with E-state index < -0.39 is 0 Å². The van der Waals surface area contributed by atoms with E-state index in [0.717, 1.165) is 39.1 Å². The number of hydrogen-bond acceptors (Lipinski definition) is 3. The van der Waals surface area contributed by atoms with Crippen LogP contribution in [0.5, 0.6) is 0 Å². The van der Waals surface area contributed by atoms with Crippen LogP contribution in [0.1, 0.15) is 12.8 Å². The second-order valence-electron chi connectivity index (χ2n) is 3.35. The van der Waals surface area contributed by atoms with Gasteiger partial charge >= 0.3 is 0 Å². The maximum absolute atomic E-state index is 11.3. The van der Waals surface area contributed by atoms with Crippen LogP contribution in [0, 0.1) is 5.92 Å². The van der Waals surface area contributed by atoms with E-state index in [0.29, 0.717) is 5.92 Å². The Kier molecular flexibility index (Phi) is 2.28. The van der Waals surface area contributed by atoms with Crippen LogP contribution in [0.2, 0.25) is 0 Å². The molecule has 1 saturated heterocycles. The Balaban J connectivity index is 1.73. The molecule has 0 unspecified atom stereocenters. The molecule has 12 heavy (non-hydrogen) atoms. The summed E-state index contributed by atoms with van der Waals surface area (Å²) in [6.45, 7) is 3.09. The summed E-state index contributed by atoms with van der Waals surface area (Å²) in [6, 6.07) is 0. The number of hydrogen-bond donors (Lipinski definition) is 1. The Bertz CT molecular complexity index is 174. The van der Waals surface area contributed by atoms with Crippen LogP contribution in [0.3, 0.4) is 0 Å². The highest BCUT2D eigenvalue weighted by atomic mass is 16.5. The summed E-state index contributed by atoms with van der Waals surface area (Å²) in [5, 5.41) is 1.95. The van der Waals surface area contributed by atoms with Crippen molar-refractivity contribution in [2.45, 2.75) is 12.8 Å². The van der Waals surface area contributed by atoms with E-state index in [1.165, 1.54) is 0 Å². The summed E-state index contributed by atoms with van der Waals surface area (Å²) in [7, 11) is 0. The molecule has 1 saturated carbocycles. The van der Waals surface area contributed by atoms with Gasteiger partial charge in [-0.3, -0.25) is 10.2 Å². The zero-order chi connectivity index (χ0) is 8.39. The second-order valence-corrected chi connectivity index (χ2v) is 3.35. The molecule has 1 amide bonds. The minimum Gasteiger partial charge on any atom is -0.379 e. The molecule has 1 heterocycles. The number of carbonyl (C=O) groups is 1. The molecule has 0 spiro atoms. The molecule has 0 atom stereocenters. The first-order chi connectivity index (χ1) is 5.86. The third-order valence-electron chi connectivity index (χ3n) is 2.23. The maximum Gasteiger partial charge on any atom is 0.237 e. The lowest BCUT2D eigenvalue weighted by atomic mass is 10.4. The standard InChI is InChI=1S/C8H14N2O2/c11-8(7-1-2-7)9-10-3-5-12-6-4-10/h7H,1-6H2,(H,9,11). The third kappa shape index (κ3) is 1.95. The van der Waals surface area contributed by atoms with Gasteiger partial charge in [0.05, 0.1) is 13.2 Å². The van der Waals surface area contributed by atoms with Crippen molar-refractivity contribution in [3.8, 4) is 0 Å². The SMILES string of the molecule is O=C(NN1CCOCC1)C1CC1. The fourth-order valence-corrected chi connectivity index (χ4v) is 1.27. The Hall–Kier alpha value is -0.610. The predicted octanol–water partition coefficient (Wildman–Crippen LogP) is -0.240. The molecule has 0 bridgehead atoms. The van der Waals surface area contributed by atoms with E-state index in [1.54, 1.807) is 0 Å². The minimum absolute atomic E-state index is 0.192. The van der Waals surface area contributed by atoms with Crippen molar-refractivity contribution in [3.63, 3.8) is 0 Å². The van der Waals surface area contributed by atoms with E-state index in [9.17, 15) is 4.79 Å². The van der Waals surface area contributed by atoms with Crippen molar-refractivity contribution in [1.82, 2.24) is 10.4 Å². The summed E-state index contributed by atoms with van der Waals surface area (Å²) in [4.78, 5) is 11.3. The van der Waals surface area contributed by atoms with Crippen LogP contribution in [0.25, 0.3) is 0 Å². The smallest absolute Gasteiger partial charge is 0.237 e. The summed E-state index contributed by atoms with van der Waals surface area (Å²) in [5.74, 6) is 0.491. The molecule has 2 aliphatic rings. The Morgan fingerprint density at radius 1 is 1.33 bits per heavy atom. The number of ether oxygens (including phenoxy) is 1. The number of hydrazine groups is 1. The highest BCUT2D eigenvalue weighted by Gasteiger charge is 2.30. The van der Waals surface area contributed by atoms with Gasteiger partial charge in [-0.2, -0.15) is 0 Å². The van der Waals surface area contributed by atoms with Gasteiger partial charge in [-0.05, 0) is 12.8 Å². The van der Waals surface area contributed by atoms with Gasteiger partial charge in [0, 0.05) is 19.0 Å². The van der Waals surface area contributed by atoms with Crippen LogP contribution < -0.4 is 5.43 Å². The fourth-order valence-electron chi connectivity index (χ4n) is 1.27. The van der Waals surface area contributed by atoms with Crippen molar-refractivity contribution in [1.29, 1.82) is 0 Å². The lowest BCUT2D eigenvalue weighted by Gasteiger charge is -2.26. The van der Waals surface area contributed by atoms with Crippen LogP contribution in [0.4, 0.5) is 0 Å². The lowest BCUT2D eigenvalue weighted by Crippen LogP contribution is -2.48. The molecular weight excluding hydrogens is 156 g/mol. The molecule has 4 heteroatoms. The van der Waals surface area contributed by atoms with Gasteiger partial charge in [-0.25, -0.2) is 5.01 Å². The number of morpholine rings is 1. The first-order valence-electron chi connectivity index (χ1n) is 4.49. The Morgan fingerprint density at radius 2 is 2.00 bits per heavy atom. The Morgan fingerprint density at radius 3 is 2.58 bits per heavy atom. The van der Waals surface area contributed by atoms with Crippen molar-refractivity contribution < 1.29 is 9.53 Å². The lowest BCUT2D eigenvalue weighted by molar-refractivity contribution is -0.129. The largest absolute Gasteiger partial charge is 0.379 e. The molecule has 1 N–H and O–H groups in total. The highest BCUT2D eigenvalue weighted by Crippen LogP contribution is 2.28.